The normalized spacial score (nSPS) is 24.4. The third-order valence-corrected chi connectivity index (χ3v) is 9.00. The van der Waals surface area contributed by atoms with Crippen LogP contribution in [0.3, 0.4) is 0 Å². The van der Waals surface area contributed by atoms with E-state index in [-0.39, 0.29) is 35.4 Å². The molecule has 0 bridgehead atoms. The number of nitrogens with zero attached hydrogens (tertiary/aromatic N) is 1. The van der Waals surface area contributed by atoms with Gasteiger partial charge in [0, 0.05) is 11.4 Å². The summed E-state index contributed by atoms with van der Waals surface area (Å²) >= 11 is 1.67. The number of rotatable bonds is 13. The van der Waals surface area contributed by atoms with Crippen molar-refractivity contribution in [3.8, 4) is 0 Å². The number of ether oxygens (including phenoxy) is 1. The fourth-order valence-electron chi connectivity index (χ4n) is 4.80. The molecule has 0 aromatic carbocycles. The van der Waals surface area contributed by atoms with Gasteiger partial charge < -0.3 is 15.6 Å². The maximum Gasteiger partial charge on any atom is 0.373 e. The number of aliphatic hydroxyl groups excluding tert-OH is 1. The van der Waals surface area contributed by atoms with Crippen LogP contribution in [0.4, 0.5) is 0 Å². The first-order valence-electron chi connectivity index (χ1n) is 12.9. The average Bonchev–Trinajstić information content (AvgIpc) is 3.19. The molecule has 3 N–H and O–H groups in total. The molecule has 35 heavy (non-hydrogen) atoms. The van der Waals surface area contributed by atoms with E-state index in [0.29, 0.717) is 17.8 Å². The molecular weight excluding hydrogens is 460 g/mol. The molecule has 2 heterocycles. The highest BCUT2D eigenvalue weighted by Crippen LogP contribution is 2.44. The second-order valence-corrected chi connectivity index (χ2v) is 12.7. The van der Waals surface area contributed by atoms with Crippen molar-refractivity contribution in [2.45, 2.75) is 118 Å². The van der Waals surface area contributed by atoms with Gasteiger partial charge in [0.2, 0.25) is 0 Å². The topological polar surface area (TPSA) is 106 Å². The van der Waals surface area contributed by atoms with Crippen LogP contribution < -0.4 is 5.73 Å². The van der Waals surface area contributed by atoms with Gasteiger partial charge in [0.25, 0.3) is 0 Å². The van der Waals surface area contributed by atoms with E-state index >= 15 is 0 Å². The van der Waals surface area contributed by atoms with Gasteiger partial charge in [0.05, 0.1) is 28.5 Å². The van der Waals surface area contributed by atoms with Crippen LogP contribution in [0.25, 0.3) is 6.08 Å². The summed E-state index contributed by atoms with van der Waals surface area (Å²) in [5.41, 5.74) is 8.60. The van der Waals surface area contributed by atoms with E-state index in [0.717, 1.165) is 30.0 Å². The molecule has 6 nitrogen and oxygen atoms in total. The number of hydrogen-bond donors (Lipinski definition) is 2. The zero-order chi connectivity index (χ0) is 27.0. The lowest BCUT2D eigenvalue weighted by Gasteiger charge is -2.35. The predicted octanol–water partition coefficient (Wildman–Crippen LogP) is 6.02. The van der Waals surface area contributed by atoms with E-state index in [2.05, 4.69) is 64.9 Å². The Kier molecular flexibility index (Phi) is 12.5. The zero-order valence-corrected chi connectivity index (χ0v) is 24.1. The summed E-state index contributed by atoms with van der Waals surface area (Å²) in [5.74, 6) is 1.92. The molecule has 7 heteroatoms. The molecule has 0 amide bonds. The van der Waals surface area contributed by atoms with Crippen LogP contribution >= 0.6 is 11.3 Å². The number of nitrogens with two attached hydrogens (primary N) is 1. The SMILES string of the molecule is C/C(=C\c1csc(C)n1)C(N)CC1OC1(C)CCCC(C)C(C)C(C)CC(C)(C)C(C)O.O=C=O. The monoisotopic (exact) mass is 508 g/mol. The molecule has 0 aliphatic carbocycles. The quantitative estimate of drug-likeness (QED) is 0.316. The standard InChI is InChI=1S/C27H48N2O2S.CO2/c1-17(20(4)19(3)15-26(7,8)21(5)30)11-10-12-27(9)25(31-27)14-24(28)18(2)13-23-16-32-22(6)29-23;2-1-3/h13,16-17,19-21,24-25,30H,10-12,14-15,28H2,1-9H3;/b18-13+;. The van der Waals surface area contributed by atoms with Crippen LogP contribution in [0.5, 0.6) is 0 Å². The highest BCUT2D eigenvalue weighted by Gasteiger charge is 2.51. The lowest BCUT2D eigenvalue weighted by molar-refractivity contribution is -0.191. The molecule has 1 aromatic heterocycles. The number of aliphatic hydroxyl groups is 1. The van der Waals surface area contributed by atoms with Gasteiger partial charge in [0.15, 0.2) is 0 Å². The number of hydrogen-bond acceptors (Lipinski definition) is 7. The molecule has 2 rings (SSSR count). The fourth-order valence-corrected chi connectivity index (χ4v) is 5.37. The molecule has 7 atom stereocenters. The molecule has 7 unspecified atom stereocenters. The smallest absolute Gasteiger partial charge is 0.373 e. The lowest BCUT2D eigenvalue weighted by Crippen LogP contribution is -2.31. The second-order valence-electron chi connectivity index (χ2n) is 11.6. The molecule has 200 valence electrons. The molecule has 1 saturated heterocycles. The van der Waals surface area contributed by atoms with Crippen molar-refractivity contribution in [1.29, 1.82) is 0 Å². The van der Waals surface area contributed by atoms with Crippen LogP contribution in [0.15, 0.2) is 11.0 Å². The van der Waals surface area contributed by atoms with Crippen molar-refractivity contribution in [1.82, 2.24) is 4.98 Å². The zero-order valence-electron chi connectivity index (χ0n) is 23.3. The van der Waals surface area contributed by atoms with Crippen LogP contribution in [-0.4, -0.2) is 40.1 Å². The van der Waals surface area contributed by atoms with Crippen molar-refractivity contribution in [3.63, 3.8) is 0 Å². The summed E-state index contributed by atoms with van der Waals surface area (Å²) in [6.45, 7) is 19.7. The second kappa shape index (κ2) is 13.8. The molecule has 0 radical (unpaired) electrons. The number of carbonyl (C=O) groups excluding carboxylic acids is 2. The van der Waals surface area contributed by atoms with E-state index in [1.54, 1.807) is 11.3 Å². The summed E-state index contributed by atoms with van der Waals surface area (Å²) in [6, 6.07) is 0.0147. The minimum atomic E-state index is -0.271. The van der Waals surface area contributed by atoms with Crippen molar-refractivity contribution in [2.24, 2.45) is 28.9 Å². The van der Waals surface area contributed by atoms with Crippen molar-refractivity contribution < 1.29 is 19.4 Å². The minimum absolute atomic E-state index is 0.0147. The maximum atomic E-state index is 10.1. The molecule has 0 saturated carbocycles. The number of epoxide rings is 1. The van der Waals surface area contributed by atoms with Gasteiger partial charge in [0.1, 0.15) is 0 Å². The first-order valence-corrected chi connectivity index (χ1v) is 13.8. The van der Waals surface area contributed by atoms with Gasteiger partial charge in [-0.15, -0.1) is 11.3 Å². The van der Waals surface area contributed by atoms with Crippen LogP contribution in [0, 0.1) is 30.1 Å². The minimum Gasteiger partial charge on any atom is -0.393 e. The first kappa shape index (κ1) is 31.7. The van der Waals surface area contributed by atoms with Gasteiger partial charge >= 0.3 is 6.15 Å². The largest absolute Gasteiger partial charge is 0.393 e. The summed E-state index contributed by atoms with van der Waals surface area (Å²) in [7, 11) is 0. The highest BCUT2D eigenvalue weighted by atomic mass is 32.1. The van der Waals surface area contributed by atoms with E-state index in [9.17, 15) is 5.11 Å². The average molecular weight is 509 g/mol. The van der Waals surface area contributed by atoms with Gasteiger partial charge in [-0.2, -0.15) is 9.59 Å². The van der Waals surface area contributed by atoms with E-state index in [1.807, 2.05) is 13.8 Å². The molecule has 1 aliphatic heterocycles. The van der Waals surface area contributed by atoms with Gasteiger partial charge in [-0.1, -0.05) is 53.0 Å². The third kappa shape index (κ3) is 10.3. The third-order valence-electron chi connectivity index (χ3n) is 8.21. The summed E-state index contributed by atoms with van der Waals surface area (Å²) in [4.78, 5) is 20.8. The Morgan fingerprint density at radius 2 is 1.91 bits per heavy atom. The van der Waals surface area contributed by atoms with Crippen LogP contribution in [-0.2, 0) is 14.3 Å². The van der Waals surface area contributed by atoms with Crippen molar-refractivity contribution >= 4 is 23.6 Å². The molecule has 1 fully saturated rings. The van der Waals surface area contributed by atoms with Crippen LogP contribution in [0.2, 0.25) is 0 Å². The number of aromatic nitrogens is 1. The van der Waals surface area contributed by atoms with Gasteiger partial charge in [-0.05, 0) is 76.2 Å². The highest BCUT2D eigenvalue weighted by molar-refractivity contribution is 7.09. The molecule has 0 spiro atoms. The molecule has 1 aromatic rings. The Morgan fingerprint density at radius 1 is 1.31 bits per heavy atom. The first-order chi connectivity index (χ1) is 16.2. The Bertz CT molecular complexity index is 844. The summed E-state index contributed by atoms with van der Waals surface area (Å²) in [6.07, 6.45) is 7.79. The Balaban J connectivity index is 0.00000194. The van der Waals surface area contributed by atoms with Crippen molar-refractivity contribution in [3.05, 3.63) is 21.7 Å². The van der Waals surface area contributed by atoms with Crippen molar-refractivity contribution in [2.75, 3.05) is 0 Å². The molecule has 1 aliphatic rings. The van der Waals surface area contributed by atoms with E-state index in [4.69, 9.17) is 20.1 Å². The molecular formula is C28H48N2O4S. The van der Waals surface area contributed by atoms with E-state index in [1.165, 1.54) is 18.4 Å². The van der Waals surface area contributed by atoms with Gasteiger partial charge in [-0.25, -0.2) is 4.98 Å². The van der Waals surface area contributed by atoms with Gasteiger partial charge in [-0.3, -0.25) is 0 Å². The van der Waals surface area contributed by atoms with E-state index < -0.39 is 0 Å². The number of thiazole rings is 1. The predicted molar refractivity (Wildman–Crippen MR) is 143 cm³/mol. The lowest BCUT2D eigenvalue weighted by atomic mass is 9.72. The summed E-state index contributed by atoms with van der Waals surface area (Å²) in [5, 5.41) is 13.2. The Labute approximate surface area is 216 Å². The van der Waals surface area contributed by atoms with Crippen LogP contribution in [0.1, 0.15) is 98.2 Å². The Hall–Kier alpha value is -1.37. The Morgan fingerprint density at radius 3 is 2.43 bits per heavy atom. The maximum absolute atomic E-state index is 10.1. The summed E-state index contributed by atoms with van der Waals surface area (Å²) < 4.78 is 6.11. The number of aryl methyl sites for hydroxylation is 1. The fraction of sp³-hybridized carbons (Fsp3) is 0.786.